The molecule has 1 fully saturated rings. The van der Waals surface area contributed by atoms with Gasteiger partial charge in [-0.2, -0.15) is 0 Å². The second kappa shape index (κ2) is 5.69. The number of likely N-dealkylation sites (tertiary alicyclic amines) is 1. The maximum absolute atomic E-state index is 13.1. The van der Waals surface area contributed by atoms with Gasteiger partial charge in [-0.3, -0.25) is 9.59 Å². The number of halogens is 2. The Morgan fingerprint density at radius 3 is 2.47 bits per heavy atom. The van der Waals surface area contributed by atoms with Crippen molar-refractivity contribution in [1.82, 2.24) is 4.90 Å². The van der Waals surface area contributed by atoms with Crippen LogP contribution in [0.1, 0.15) is 23.2 Å². The zero-order valence-corrected chi connectivity index (χ0v) is 11.7. The number of benzene rings is 1. The quantitative estimate of drug-likeness (QED) is 0.907. The average Bonchev–Trinajstić information content (AvgIpc) is 2.41. The molecule has 1 heterocycles. The van der Waals surface area contributed by atoms with Crippen LogP contribution in [-0.2, 0) is 4.79 Å². The van der Waals surface area contributed by atoms with Crippen molar-refractivity contribution in [2.24, 2.45) is 5.92 Å². The van der Waals surface area contributed by atoms with Gasteiger partial charge in [-0.05, 0) is 47.0 Å². The number of amides is 1. The first-order valence-electron chi connectivity index (χ1n) is 5.96. The first-order valence-corrected chi connectivity index (χ1v) is 6.75. The van der Waals surface area contributed by atoms with Gasteiger partial charge in [-0.15, -0.1) is 0 Å². The molecule has 0 saturated carbocycles. The molecule has 1 saturated heterocycles. The number of carbonyl (C=O) groups excluding carboxylic acids is 1. The molecule has 1 amide bonds. The van der Waals surface area contributed by atoms with Crippen molar-refractivity contribution in [3.63, 3.8) is 0 Å². The summed E-state index contributed by atoms with van der Waals surface area (Å²) in [4.78, 5) is 24.6. The Bertz CT molecular complexity index is 513. The Morgan fingerprint density at radius 1 is 1.32 bits per heavy atom. The summed E-state index contributed by atoms with van der Waals surface area (Å²) < 4.78 is 13.4. The van der Waals surface area contributed by atoms with Gasteiger partial charge in [0.2, 0.25) is 0 Å². The molecule has 1 aromatic carbocycles. The van der Waals surface area contributed by atoms with Crippen molar-refractivity contribution >= 4 is 27.8 Å². The Hall–Kier alpha value is -1.43. The van der Waals surface area contributed by atoms with E-state index in [2.05, 4.69) is 15.9 Å². The molecule has 1 aliphatic heterocycles. The Labute approximate surface area is 118 Å². The number of piperidine rings is 1. The highest BCUT2D eigenvalue weighted by Crippen LogP contribution is 2.21. The SMILES string of the molecule is O=C(O)C1CCN(C(=O)c2ccc(F)c(Br)c2)CC1. The lowest BCUT2D eigenvalue weighted by atomic mass is 9.96. The van der Waals surface area contributed by atoms with Gasteiger partial charge in [0.25, 0.3) is 5.91 Å². The molecule has 0 unspecified atom stereocenters. The normalized spacial score (nSPS) is 16.4. The first kappa shape index (κ1) is 14.0. The van der Waals surface area contributed by atoms with Crippen molar-refractivity contribution < 1.29 is 19.1 Å². The Kier molecular flexibility index (Phi) is 4.19. The standard InChI is InChI=1S/C13H13BrFNO3/c14-10-7-9(1-2-11(10)15)12(17)16-5-3-8(4-6-16)13(18)19/h1-2,7-8H,3-6H2,(H,18,19). The second-order valence-electron chi connectivity index (χ2n) is 4.53. The largest absolute Gasteiger partial charge is 0.481 e. The van der Waals surface area contributed by atoms with E-state index >= 15 is 0 Å². The molecule has 4 nitrogen and oxygen atoms in total. The lowest BCUT2D eigenvalue weighted by Gasteiger charge is -2.30. The van der Waals surface area contributed by atoms with Gasteiger partial charge in [-0.25, -0.2) is 4.39 Å². The number of carbonyl (C=O) groups is 2. The van der Waals surface area contributed by atoms with Crippen molar-refractivity contribution in [3.05, 3.63) is 34.1 Å². The van der Waals surface area contributed by atoms with Gasteiger partial charge >= 0.3 is 5.97 Å². The van der Waals surface area contributed by atoms with Gasteiger partial charge < -0.3 is 10.0 Å². The molecule has 0 aliphatic carbocycles. The molecule has 6 heteroatoms. The van der Waals surface area contributed by atoms with Crippen LogP contribution in [-0.4, -0.2) is 35.0 Å². The fourth-order valence-corrected chi connectivity index (χ4v) is 2.52. The zero-order valence-electron chi connectivity index (χ0n) is 10.1. The predicted octanol–water partition coefficient (Wildman–Crippen LogP) is 2.53. The van der Waals surface area contributed by atoms with Gasteiger partial charge in [-0.1, -0.05) is 0 Å². The van der Waals surface area contributed by atoms with Crippen molar-refractivity contribution in [3.8, 4) is 0 Å². The topological polar surface area (TPSA) is 57.6 Å². The minimum Gasteiger partial charge on any atom is -0.481 e. The summed E-state index contributed by atoms with van der Waals surface area (Å²) in [6.07, 6.45) is 0.923. The minimum absolute atomic E-state index is 0.190. The van der Waals surface area contributed by atoms with E-state index in [1.165, 1.54) is 18.2 Å². The van der Waals surface area contributed by atoms with Crippen LogP contribution >= 0.6 is 15.9 Å². The summed E-state index contributed by atoms with van der Waals surface area (Å²) in [6, 6.07) is 4.12. The van der Waals surface area contributed by atoms with E-state index in [1.54, 1.807) is 4.90 Å². The summed E-state index contributed by atoms with van der Waals surface area (Å²) in [5.74, 6) is -1.79. The first-order chi connectivity index (χ1) is 8.99. The van der Waals surface area contributed by atoms with E-state index in [-0.39, 0.29) is 16.3 Å². The van der Waals surface area contributed by atoms with E-state index in [9.17, 15) is 14.0 Å². The Morgan fingerprint density at radius 2 is 1.95 bits per heavy atom. The highest BCUT2D eigenvalue weighted by molar-refractivity contribution is 9.10. The van der Waals surface area contributed by atoms with E-state index < -0.39 is 11.8 Å². The molecule has 0 aromatic heterocycles. The molecule has 0 atom stereocenters. The van der Waals surface area contributed by atoms with E-state index in [1.807, 2.05) is 0 Å². The summed E-state index contributed by atoms with van der Waals surface area (Å²) in [7, 11) is 0. The molecule has 1 N–H and O–H groups in total. The molecule has 0 bridgehead atoms. The summed E-state index contributed by atoms with van der Waals surface area (Å²) >= 11 is 3.04. The number of carboxylic acids is 1. The average molecular weight is 330 g/mol. The summed E-state index contributed by atoms with van der Waals surface area (Å²) in [6.45, 7) is 0.843. The highest BCUT2D eigenvalue weighted by Gasteiger charge is 2.27. The van der Waals surface area contributed by atoms with Crippen molar-refractivity contribution in [1.29, 1.82) is 0 Å². The zero-order chi connectivity index (χ0) is 14.0. The molecule has 1 aromatic rings. The number of carboxylic acid groups (broad SMARTS) is 1. The molecular formula is C13H13BrFNO3. The monoisotopic (exact) mass is 329 g/mol. The fourth-order valence-electron chi connectivity index (χ4n) is 2.14. The third-order valence-electron chi connectivity index (χ3n) is 3.30. The second-order valence-corrected chi connectivity index (χ2v) is 5.39. The van der Waals surface area contributed by atoms with Crippen molar-refractivity contribution in [2.45, 2.75) is 12.8 Å². The maximum Gasteiger partial charge on any atom is 0.306 e. The van der Waals surface area contributed by atoms with Crippen LogP contribution in [0.4, 0.5) is 4.39 Å². The maximum atomic E-state index is 13.1. The number of rotatable bonds is 2. The van der Waals surface area contributed by atoms with Crippen LogP contribution in [0.3, 0.4) is 0 Å². The van der Waals surface area contributed by atoms with Crippen LogP contribution < -0.4 is 0 Å². The van der Waals surface area contributed by atoms with E-state index in [4.69, 9.17) is 5.11 Å². The molecule has 102 valence electrons. The van der Waals surface area contributed by atoms with Gasteiger partial charge in [0.05, 0.1) is 10.4 Å². The number of aliphatic carboxylic acids is 1. The smallest absolute Gasteiger partial charge is 0.306 e. The molecular weight excluding hydrogens is 317 g/mol. The number of hydrogen-bond donors (Lipinski definition) is 1. The molecule has 1 aliphatic rings. The van der Waals surface area contributed by atoms with Crippen molar-refractivity contribution in [2.75, 3.05) is 13.1 Å². The van der Waals surface area contributed by atoms with Crippen LogP contribution in [0.15, 0.2) is 22.7 Å². The van der Waals surface area contributed by atoms with E-state index in [0.717, 1.165) is 0 Å². The third kappa shape index (κ3) is 3.12. The van der Waals surface area contributed by atoms with Gasteiger partial charge in [0.15, 0.2) is 0 Å². The van der Waals surface area contributed by atoms with Crippen LogP contribution in [0, 0.1) is 11.7 Å². The van der Waals surface area contributed by atoms with E-state index in [0.29, 0.717) is 31.5 Å². The van der Waals surface area contributed by atoms with Gasteiger partial charge in [0, 0.05) is 18.7 Å². The third-order valence-corrected chi connectivity index (χ3v) is 3.91. The number of nitrogens with zero attached hydrogens (tertiary/aromatic N) is 1. The predicted molar refractivity (Wildman–Crippen MR) is 70.4 cm³/mol. The number of hydrogen-bond acceptors (Lipinski definition) is 2. The summed E-state index contributed by atoms with van der Waals surface area (Å²) in [5, 5.41) is 8.90. The summed E-state index contributed by atoms with van der Waals surface area (Å²) in [5.41, 5.74) is 0.405. The van der Waals surface area contributed by atoms with Gasteiger partial charge in [0.1, 0.15) is 5.82 Å². The minimum atomic E-state index is -0.809. The lowest BCUT2D eigenvalue weighted by molar-refractivity contribution is -0.143. The molecule has 2 rings (SSSR count). The molecule has 0 radical (unpaired) electrons. The molecule has 0 spiro atoms. The van der Waals surface area contributed by atoms with Crippen LogP contribution in [0.5, 0.6) is 0 Å². The molecule has 19 heavy (non-hydrogen) atoms. The fraction of sp³-hybridized carbons (Fsp3) is 0.385. The van der Waals surface area contributed by atoms with Crippen LogP contribution in [0.2, 0.25) is 0 Å². The highest BCUT2D eigenvalue weighted by atomic mass is 79.9. The lowest BCUT2D eigenvalue weighted by Crippen LogP contribution is -2.40. The van der Waals surface area contributed by atoms with Crippen LogP contribution in [0.25, 0.3) is 0 Å². The Balaban J connectivity index is 2.05.